The maximum atomic E-state index is 13.3. The molecule has 0 saturated carbocycles. The molecule has 1 aliphatic rings. The van der Waals surface area contributed by atoms with Gasteiger partial charge in [-0.15, -0.1) is 36.2 Å². The van der Waals surface area contributed by atoms with Crippen LogP contribution in [0.5, 0.6) is 0 Å². The van der Waals surface area contributed by atoms with Crippen LogP contribution in [-0.4, -0.2) is 34.9 Å². The Balaban J connectivity index is 0.00000140. The number of amides is 1. The lowest BCUT2D eigenvalue weighted by Crippen LogP contribution is -2.42. The fraction of sp³-hybridized carbons (Fsp3) is 0.333. The molecule has 7 heteroatoms. The highest BCUT2D eigenvalue weighted by Crippen LogP contribution is 2.29. The van der Waals surface area contributed by atoms with Crippen LogP contribution in [0.3, 0.4) is 0 Å². The number of benzene rings is 1. The molecule has 3 heterocycles. The molecule has 28 heavy (non-hydrogen) atoms. The average Bonchev–Trinajstić information content (AvgIpc) is 3.21. The van der Waals surface area contributed by atoms with Gasteiger partial charge >= 0.3 is 0 Å². The van der Waals surface area contributed by atoms with Crippen molar-refractivity contribution in [2.24, 2.45) is 11.7 Å². The molecule has 1 unspecified atom stereocenters. The van der Waals surface area contributed by atoms with Crippen LogP contribution in [-0.2, 0) is 0 Å². The third kappa shape index (κ3) is 4.49. The summed E-state index contributed by atoms with van der Waals surface area (Å²) in [7, 11) is 0. The minimum absolute atomic E-state index is 0. The molecule has 2 aromatic heterocycles. The molecular weight excluding hydrogens is 413 g/mol. The highest BCUT2D eigenvalue weighted by atomic mass is 35.5. The molecule has 1 aromatic carbocycles. The molecule has 1 atom stereocenters. The van der Waals surface area contributed by atoms with Gasteiger partial charge in [0.1, 0.15) is 0 Å². The number of aromatic nitrogens is 1. The highest BCUT2D eigenvalue weighted by molar-refractivity contribution is 7.13. The van der Waals surface area contributed by atoms with Crippen LogP contribution in [0.1, 0.15) is 30.1 Å². The summed E-state index contributed by atoms with van der Waals surface area (Å²) in [5.74, 6) is 0.611. The van der Waals surface area contributed by atoms with Crippen molar-refractivity contribution >= 4 is 53.0 Å². The Bertz CT molecular complexity index is 923. The first-order valence-corrected chi connectivity index (χ1v) is 10.00. The fourth-order valence-electron chi connectivity index (χ4n) is 3.70. The van der Waals surface area contributed by atoms with Crippen molar-refractivity contribution in [2.75, 3.05) is 13.1 Å². The van der Waals surface area contributed by atoms with E-state index in [2.05, 4.69) is 6.92 Å². The Labute approximate surface area is 182 Å². The standard InChI is InChI=1S/C21H23N3OS.2ClH/c1-14(22)15-8-10-24(11-9-15)21(25)17-13-19(20-7-4-12-26-20)23-18-6-3-2-5-16(17)18;;/h2-7,12-15H,8-11,22H2,1H3;2*1H. The molecule has 3 aromatic rings. The minimum Gasteiger partial charge on any atom is -0.339 e. The quantitative estimate of drug-likeness (QED) is 0.626. The van der Waals surface area contributed by atoms with Crippen molar-refractivity contribution in [1.29, 1.82) is 0 Å². The molecule has 0 spiro atoms. The number of carbonyl (C=O) groups is 1. The third-order valence-electron chi connectivity index (χ3n) is 5.29. The third-order valence-corrected chi connectivity index (χ3v) is 6.18. The van der Waals surface area contributed by atoms with Crippen LogP contribution in [0, 0.1) is 5.92 Å². The summed E-state index contributed by atoms with van der Waals surface area (Å²) in [6.45, 7) is 3.61. The van der Waals surface area contributed by atoms with E-state index in [0.29, 0.717) is 5.92 Å². The smallest absolute Gasteiger partial charge is 0.254 e. The van der Waals surface area contributed by atoms with Gasteiger partial charge in [-0.2, -0.15) is 0 Å². The van der Waals surface area contributed by atoms with E-state index in [1.807, 2.05) is 52.7 Å². The molecule has 0 radical (unpaired) electrons. The summed E-state index contributed by atoms with van der Waals surface area (Å²) in [5.41, 5.74) is 8.52. The van der Waals surface area contributed by atoms with Crippen molar-refractivity contribution < 1.29 is 4.79 Å². The van der Waals surface area contributed by atoms with Crippen LogP contribution >= 0.6 is 36.2 Å². The van der Waals surface area contributed by atoms with E-state index in [1.54, 1.807) is 11.3 Å². The van der Waals surface area contributed by atoms with E-state index in [4.69, 9.17) is 10.7 Å². The van der Waals surface area contributed by atoms with Gasteiger partial charge in [0.15, 0.2) is 0 Å². The zero-order valence-corrected chi connectivity index (χ0v) is 18.2. The molecule has 1 saturated heterocycles. The number of nitrogens with two attached hydrogens (primary N) is 1. The summed E-state index contributed by atoms with van der Waals surface area (Å²) in [6, 6.07) is 14.1. The maximum Gasteiger partial charge on any atom is 0.254 e. The minimum atomic E-state index is 0. The summed E-state index contributed by atoms with van der Waals surface area (Å²) in [5, 5.41) is 2.96. The SMILES string of the molecule is CC(N)C1CCN(C(=O)c2cc(-c3cccs3)nc3ccccc23)CC1.Cl.Cl. The van der Waals surface area contributed by atoms with Gasteiger partial charge in [-0.05, 0) is 49.3 Å². The van der Waals surface area contributed by atoms with Crippen LogP contribution < -0.4 is 5.73 Å². The van der Waals surface area contributed by atoms with Gasteiger partial charge in [-0.1, -0.05) is 24.3 Å². The zero-order chi connectivity index (χ0) is 18.1. The number of fused-ring (bicyclic) bond motifs is 1. The Morgan fingerprint density at radius 2 is 1.89 bits per heavy atom. The lowest BCUT2D eigenvalue weighted by Gasteiger charge is -2.34. The largest absolute Gasteiger partial charge is 0.339 e. The second-order valence-corrected chi connectivity index (χ2v) is 7.99. The van der Waals surface area contributed by atoms with Crippen molar-refractivity contribution in [3.63, 3.8) is 0 Å². The molecule has 150 valence electrons. The van der Waals surface area contributed by atoms with Crippen molar-refractivity contribution in [3.05, 3.63) is 53.4 Å². The molecule has 2 N–H and O–H groups in total. The maximum absolute atomic E-state index is 13.3. The van der Waals surface area contributed by atoms with E-state index >= 15 is 0 Å². The van der Waals surface area contributed by atoms with Gasteiger partial charge in [0.05, 0.1) is 21.7 Å². The number of likely N-dealkylation sites (tertiary alicyclic amines) is 1. The summed E-state index contributed by atoms with van der Waals surface area (Å²) >= 11 is 1.64. The van der Waals surface area contributed by atoms with E-state index < -0.39 is 0 Å². The van der Waals surface area contributed by atoms with E-state index in [0.717, 1.165) is 53.0 Å². The first-order valence-electron chi connectivity index (χ1n) is 9.12. The molecular formula is C21H25Cl2N3OS. The van der Waals surface area contributed by atoms with Crippen LogP contribution in [0.2, 0.25) is 0 Å². The number of pyridine rings is 1. The molecule has 4 rings (SSSR count). The normalized spacial score (nSPS) is 15.6. The van der Waals surface area contributed by atoms with Crippen molar-refractivity contribution in [2.45, 2.75) is 25.8 Å². The highest BCUT2D eigenvalue weighted by Gasteiger charge is 2.26. The van der Waals surface area contributed by atoms with Crippen LogP contribution in [0.25, 0.3) is 21.5 Å². The number of hydrogen-bond donors (Lipinski definition) is 1. The van der Waals surface area contributed by atoms with Crippen LogP contribution in [0.15, 0.2) is 47.8 Å². The Hall–Kier alpha value is -1.66. The molecule has 1 fully saturated rings. The molecule has 1 aliphatic heterocycles. The van der Waals surface area contributed by atoms with Gasteiger partial charge < -0.3 is 10.6 Å². The molecule has 1 amide bonds. The lowest BCUT2D eigenvalue weighted by molar-refractivity contribution is 0.0683. The topological polar surface area (TPSA) is 59.2 Å². The van der Waals surface area contributed by atoms with Gasteiger partial charge in [0.25, 0.3) is 5.91 Å². The molecule has 0 aliphatic carbocycles. The van der Waals surface area contributed by atoms with Gasteiger partial charge in [0, 0.05) is 24.5 Å². The Morgan fingerprint density at radius 1 is 1.18 bits per heavy atom. The fourth-order valence-corrected chi connectivity index (χ4v) is 4.39. The molecule has 0 bridgehead atoms. The average molecular weight is 438 g/mol. The van der Waals surface area contributed by atoms with Crippen LogP contribution in [0.4, 0.5) is 0 Å². The summed E-state index contributed by atoms with van der Waals surface area (Å²) in [6.07, 6.45) is 1.95. The summed E-state index contributed by atoms with van der Waals surface area (Å²) in [4.78, 5) is 21.1. The van der Waals surface area contributed by atoms with E-state index in [1.165, 1.54) is 0 Å². The second kappa shape index (κ2) is 9.70. The van der Waals surface area contributed by atoms with Gasteiger partial charge in [-0.25, -0.2) is 4.98 Å². The first-order chi connectivity index (χ1) is 12.6. The first kappa shape index (κ1) is 22.6. The predicted octanol–water partition coefficient (Wildman–Crippen LogP) is 5.01. The zero-order valence-electron chi connectivity index (χ0n) is 15.7. The monoisotopic (exact) mass is 437 g/mol. The number of para-hydroxylation sites is 1. The van der Waals surface area contributed by atoms with Gasteiger partial charge in [-0.3, -0.25) is 4.79 Å². The van der Waals surface area contributed by atoms with E-state index in [9.17, 15) is 4.79 Å². The number of carbonyl (C=O) groups excluding carboxylic acids is 1. The van der Waals surface area contributed by atoms with Crippen molar-refractivity contribution in [3.8, 4) is 10.6 Å². The Morgan fingerprint density at radius 3 is 2.54 bits per heavy atom. The lowest BCUT2D eigenvalue weighted by atomic mass is 9.90. The predicted molar refractivity (Wildman–Crippen MR) is 122 cm³/mol. The second-order valence-electron chi connectivity index (χ2n) is 7.04. The summed E-state index contributed by atoms with van der Waals surface area (Å²) < 4.78 is 0. The number of hydrogen-bond acceptors (Lipinski definition) is 4. The number of nitrogens with zero attached hydrogens (tertiary/aromatic N) is 2. The van der Waals surface area contributed by atoms with Crippen molar-refractivity contribution in [1.82, 2.24) is 9.88 Å². The number of rotatable bonds is 3. The number of piperidine rings is 1. The number of halogens is 2. The van der Waals surface area contributed by atoms with E-state index in [-0.39, 0.29) is 36.8 Å². The Kier molecular flexibility index (Phi) is 7.84. The van der Waals surface area contributed by atoms with Gasteiger partial charge in [0.2, 0.25) is 0 Å². The molecule has 4 nitrogen and oxygen atoms in total. The number of thiophene rings is 1.